The van der Waals surface area contributed by atoms with Gasteiger partial charge in [-0.15, -0.1) is 0 Å². The third-order valence-corrected chi connectivity index (χ3v) is 14.9. The van der Waals surface area contributed by atoms with Crippen LogP contribution in [0.3, 0.4) is 0 Å². The first-order chi connectivity index (χ1) is 41.2. The number of nitrogens with one attached hydrogen (secondary N) is 10. The summed E-state index contributed by atoms with van der Waals surface area (Å²) in [7, 11) is 0. The lowest BCUT2D eigenvalue weighted by atomic mass is 10.1. The number of carbonyl (C=O) groups is 10. The minimum atomic E-state index is -0.726. The molecule has 1 fully saturated rings. The van der Waals surface area contributed by atoms with Gasteiger partial charge in [0.2, 0.25) is 59.1 Å². The lowest BCUT2D eigenvalue weighted by Crippen LogP contribution is -2.47. The van der Waals surface area contributed by atoms with E-state index in [2.05, 4.69) is 53.2 Å². The highest BCUT2D eigenvalue weighted by molar-refractivity contribution is 5.90. The maximum atomic E-state index is 13.3. The Bertz CT molecular complexity index is 1580. The van der Waals surface area contributed by atoms with Crippen LogP contribution < -0.4 is 81.8 Å². The molecular weight excluding hydrogens is 1090 g/mol. The minimum absolute atomic E-state index is 0.201. The molecule has 0 aromatic carbocycles. The standard InChI is InChI=1S/C60H115N15O10/c61-36-16-11-26-46-56(81)66-41-21-1-6-31-51(76)71-47(27-12-17-37-62)57(82)67-42-22-3-8-33-53(78)73-49(29-14-19-39-64)59(84)69-44-24-5-10-35-55(80)75-50(30-15-20-40-65)60(85)70-45-25-4-9-34-54(79)74-48(28-13-18-38-63)58(83)68-43-23-2-7-32-52(77)72-46/h46-50H,1-45,61-65H2,(H,66,81)(H,67,82)(H,68,83)(H,69,84)(H,70,85)(H,71,76)(H,72,77)(H,73,78)(H,74,79)(H,75,80)/t46-,47-,48-,49-,50-/m0/s1. The van der Waals surface area contributed by atoms with Crippen LogP contribution in [0.25, 0.3) is 0 Å². The largest absolute Gasteiger partial charge is 0.354 e. The number of nitrogens with two attached hydrogens (primary N) is 5. The normalized spacial score (nSPS) is 22.8. The summed E-state index contributed by atoms with van der Waals surface area (Å²) >= 11 is 0. The van der Waals surface area contributed by atoms with Crippen LogP contribution in [0.2, 0.25) is 0 Å². The molecule has 0 aromatic heterocycles. The van der Waals surface area contributed by atoms with Crippen LogP contribution in [0.15, 0.2) is 0 Å². The van der Waals surface area contributed by atoms with Crippen LogP contribution in [-0.4, -0.2) is 155 Å². The third kappa shape index (κ3) is 42.1. The van der Waals surface area contributed by atoms with E-state index < -0.39 is 30.2 Å². The minimum Gasteiger partial charge on any atom is -0.354 e. The Balaban J connectivity index is 3.04. The molecule has 20 N–H and O–H groups in total. The number of carbonyl (C=O) groups excluding carboxylic acids is 10. The van der Waals surface area contributed by atoms with Crippen molar-refractivity contribution in [1.82, 2.24) is 53.2 Å². The molecule has 0 bridgehead atoms. The van der Waals surface area contributed by atoms with Gasteiger partial charge in [0.1, 0.15) is 30.2 Å². The molecule has 1 heterocycles. The van der Waals surface area contributed by atoms with E-state index in [-0.39, 0.29) is 91.2 Å². The Morgan fingerprint density at radius 1 is 0.235 bits per heavy atom. The zero-order valence-electron chi connectivity index (χ0n) is 51.7. The molecule has 0 aromatic rings. The second-order valence-electron chi connectivity index (χ2n) is 22.5. The predicted octanol–water partition coefficient (Wildman–Crippen LogP) is 1.45. The fraction of sp³-hybridized carbons (Fsp3) is 0.833. The van der Waals surface area contributed by atoms with E-state index in [1.807, 2.05) is 0 Å². The van der Waals surface area contributed by atoms with Gasteiger partial charge in [0.05, 0.1) is 0 Å². The Morgan fingerprint density at radius 2 is 0.400 bits per heavy atom. The summed E-state index contributed by atoms with van der Waals surface area (Å²) in [5.41, 5.74) is 28.6. The number of unbranched alkanes of at least 4 members (excludes halogenated alkanes) is 5. The quantitative estimate of drug-likeness (QED) is 0.0768. The first-order valence-corrected chi connectivity index (χ1v) is 32.5. The first-order valence-electron chi connectivity index (χ1n) is 32.5. The van der Waals surface area contributed by atoms with Crippen LogP contribution in [0.4, 0.5) is 0 Å². The third-order valence-electron chi connectivity index (χ3n) is 14.9. The van der Waals surface area contributed by atoms with Gasteiger partial charge in [-0.3, -0.25) is 47.9 Å². The van der Waals surface area contributed by atoms with Gasteiger partial charge in [0, 0.05) is 64.8 Å². The average molecular weight is 1210 g/mol. The molecule has 0 aliphatic carbocycles. The molecule has 0 spiro atoms. The van der Waals surface area contributed by atoms with E-state index in [1.165, 1.54) is 0 Å². The summed E-state index contributed by atoms with van der Waals surface area (Å²) < 4.78 is 0. The molecule has 1 saturated heterocycles. The smallest absolute Gasteiger partial charge is 0.242 e. The molecule has 10 amide bonds. The Labute approximate surface area is 507 Å². The van der Waals surface area contributed by atoms with Gasteiger partial charge >= 0.3 is 0 Å². The van der Waals surface area contributed by atoms with Crippen molar-refractivity contribution >= 4 is 59.1 Å². The van der Waals surface area contributed by atoms with Crippen LogP contribution in [-0.2, 0) is 47.9 Å². The van der Waals surface area contributed by atoms with Crippen molar-refractivity contribution in [3.8, 4) is 0 Å². The zero-order valence-corrected chi connectivity index (χ0v) is 51.7. The summed E-state index contributed by atoms with van der Waals surface area (Å²) in [4.78, 5) is 131. The highest BCUT2D eigenvalue weighted by Crippen LogP contribution is 2.11. The molecule has 25 nitrogen and oxygen atoms in total. The molecule has 1 rings (SSSR count). The summed E-state index contributed by atoms with van der Waals surface area (Å²) in [6.07, 6.45) is 19.0. The van der Waals surface area contributed by atoms with Gasteiger partial charge < -0.3 is 81.8 Å². The zero-order chi connectivity index (χ0) is 62.6. The highest BCUT2D eigenvalue weighted by Gasteiger charge is 2.25. The summed E-state index contributed by atoms with van der Waals surface area (Å²) in [5, 5.41) is 29.1. The van der Waals surface area contributed by atoms with E-state index >= 15 is 0 Å². The van der Waals surface area contributed by atoms with Crippen molar-refractivity contribution in [2.75, 3.05) is 65.4 Å². The molecule has 1 aliphatic heterocycles. The molecule has 0 radical (unpaired) electrons. The lowest BCUT2D eigenvalue weighted by molar-refractivity contribution is -0.129. The van der Waals surface area contributed by atoms with E-state index in [0.29, 0.717) is 258 Å². The van der Waals surface area contributed by atoms with Crippen LogP contribution in [0.1, 0.15) is 225 Å². The van der Waals surface area contributed by atoms with Crippen LogP contribution in [0.5, 0.6) is 0 Å². The number of rotatable bonds is 20. The van der Waals surface area contributed by atoms with Gasteiger partial charge in [-0.25, -0.2) is 0 Å². The van der Waals surface area contributed by atoms with Gasteiger partial charge in [-0.2, -0.15) is 0 Å². The number of hydrogen-bond donors (Lipinski definition) is 15. The SMILES string of the molecule is NCCCC[C@@H]1NC(=O)CCCCCNC(=O)[C@H](CCCCN)NC(=O)CCCCCNC(=O)[C@H](CCCCN)NC(=O)CCCCCNC(=O)[C@H](CCCCN)NC(=O)CCCCCNC(=O)[C@H](CCCCN)NC(=O)CCCCCNC1=O. The van der Waals surface area contributed by atoms with E-state index in [0.717, 1.165) is 0 Å². The van der Waals surface area contributed by atoms with E-state index in [9.17, 15) is 47.9 Å². The maximum Gasteiger partial charge on any atom is 0.242 e. The van der Waals surface area contributed by atoms with Gasteiger partial charge in [-0.05, 0) is 193 Å². The Hall–Kier alpha value is -5.50. The van der Waals surface area contributed by atoms with Crippen molar-refractivity contribution in [3.63, 3.8) is 0 Å². The molecule has 25 heteroatoms. The summed E-state index contributed by atoms with van der Waals surface area (Å²) in [5.74, 6) is -2.70. The van der Waals surface area contributed by atoms with Gasteiger partial charge in [0.25, 0.3) is 0 Å². The predicted molar refractivity (Wildman–Crippen MR) is 332 cm³/mol. The topological polar surface area (TPSA) is 421 Å². The van der Waals surface area contributed by atoms with Crippen molar-refractivity contribution in [2.45, 2.75) is 255 Å². The molecule has 85 heavy (non-hydrogen) atoms. The number of amides is 10. The van der Waals surface area contributed by atoms with Gasteiger partial charge in [-0.1, -0.05) is 32.1 Å². The highest BCUT2D eigenvalue weighted by atomic mass is 16.2. The monoisotopic (exact) mass is 1210 g/mol. The Kier molecular flexibility index (Phi) is 48.1. The molecule has 5 atom stereocenters. The Morgan fingerprint density at radius 3 is 0.553 bits per heavy atom. The van der Waals surface area contributed by atoms with Crippen molar-refractivity contribution in [3.05, 3.63) is 0 Å². The first kappa shape index (κ1) is 77.5. The van der Waals surface area contributed by atoms with Crippen molar-refractivity contribution in [2.24, 2.45) is 28.7 Å². The van der Waals surface area contributed by atoms with Crippen molar-refractivity contribution in [1.29, 1.82) is 0 Å². The number of hydrogen-bond acceptors (Lipinski definition) is 15. The molecule has 490 valence electrons. The second kappa shape index (κ2) is 52.8. The van der Waals surface area contributed by atoms with E-state index in [4.69, 9.17) is 28.7 Å². The lowest BCUT2D eigenvalue weighted by Gasteiger charge is -2.19. The van der Waals surface area contributed by atoms with Crippen LogP contribution >= 0.6 is 0 Å². The molecule has 0 unspecified atom stereocenters. The van der Waals surface area contributed by atoms with E-state index in [1.54, 1.807) is 0 Å². The van der Waals surface area contributed by atoms with Gasteiger partial charge in [0.15, 0.2) is 0 Å². The second-order valence-corrected chi connectivity index (χ2v) is 22.5. The average Bonchev–Trinajstić information content (AvgIpc) is 3.50. The summed E-state index contributed by atoms with van der Waals surface area (Å²) in [6, 6.07) is -3.63. The van der Waals surface area contributed by atoms with Crippen LogP contribution in [0, 0.1) is 0 Å². The fourth-order valence-electron chi connectivity index (χ4n) is 9.75. The molecular formula is C60H115N15O10. The molecule has 1 aliphatic rings. The van der Waals surface area contributed by atoms with Crippen molar-refractivity contribution < 1.29 is 47.9 Å². The fourth-order valence-corrected chi connectivity index (χ4v) is 9.75. The molecule has 0 saturated carbocycles. The summed E-state index contributed by atoms with van der Waals surface area (Å²) in [6.45, 7) is 4.10. The maximum absolute atomic E-state index is 13.3.